The highest BCUT2D eigenvalue weighted by Crippen LogP contribution is 2.36. The summed E-state index contributed by atoms with van der Waals surface area (Å²) < 4.78 is 0. The Kier molecular flexibility index (Phi) is 40.3. The SMILES string of the molecule is CC[C@H](C)[C@@H]1NC(=O)[C@H](CC2CCCCC2)N(C)C(=O)[C@H]([C@@H](C)O)NC(=O)[C@@H](C)NC(=O)C[C@@H](C(=O)N(C)[C@@H](CC2CCCCC2)C(=O)N(C)[C@@H](CC2CCCCC2)C(=O)N[C@@H](C)C(=O)N2CCCCC2)NC(=O)[C@H](CC(C)C)N(C)C(=O)[C@H](CC(C)C)N(C)C(=O)[C@H](CC2CCCCC2)N(C)C(=O)[C@H](CC(C)C)N(C)C(=O)[C@H](C)N(C)C1=O. The van der Waals surface area contributed by atoms with E-state index in [2.05, 4.69) is 26.6 Å². The summed E-state index contributed by atoms with van der Waals surface area (Å²) in [7, 11) is 11.8. The second kappa shape index (κ2) is 47.8. The van der Waals surface area contributed by atoms with E-state index in [1.807, 2.05) is 48.5 Å². The van der Waals surface area contributed by atoms with Crippen molar-refractivity contribution in [1.82, 2.24) is 70.7 Å². The number of carbonyl (C=O) groups is 14. The fraction of sp³-hybridized carbons (Fsp3) is 0.844. The Bertz CT molecular complexity index is 3380. The molecule has 6 fully saturated rings. The van der Waals surface area contributed by atoms with Gasteiger partial charge in [0, 0.05) is 69.5 Å². The highest BCUT2D eigenvalue weighted by Gasteiger charge is 2.48. The molecule has 29 heteroatoms. The average Bonchev–Trinajstić information content (AvgIpc) is 0.952. The molecule has 0 aromatic heterocycles. The first-order valence-corrected chi connectivity index (χ1v) is 45.7. The minimum absolute atomic E-state index is 0.00302. The normalized spacial score (nSPS) is 27.3. The van der Waals surface area contributed by atoms with E-state index in [-0.39, 0.29) is 85.9 Å². The lowest BCUT2D eigenvalue weighted by Crippen LogP contribution is -2.62. The maximum atomic E-state index is 16.2. The van der Waals surface area contributed by atoms with Crippen molar-refractivity contribution in [3.63, 3.8) is 0 Å². The molecule has 6 rings (SSSR count). The van der Waals surface area contributed by atoms with Crippen molar-refractivity contribution in [3.8, 4) is 0 Å². The Labute approximate surface area is 712 Å². The first-order valence-electron chi connectivity index (χ1n) is 45.7. The molecule has 4 saturated carbocycles. The van der Waals surface area contributed by atoms with Crippen LogP contribution in [0.15, 0.2) is 0 Å². The van der Waals surface area contributed by atoms with Crippen LogP contribution in [0.3, 0.4) is 0 Å². The molecule has 4 aliphatic carbocycles. The Morgan fingerprint density at radius 3 is 1.29 bits per heavy atom. The van der Waals surface area contributed by atoms with E-state index >= 15 is 52.7 Å². The number of rotatable bonds is 24. The number of piperidine rings is 1. The molecule has 0 aromatic carbocycles. The molecule has 6 N–H and O–H groups in total. The van der Waals surface area contributed by atoms with Crippen LogP contribution in [0.1, 0.15) is 289 Å². The van der Waals surface area contributed by atoms with Gasteiger partial charge in [-0.1, -0.05) is 190 Å². The number of amides is 14. The summed E-state index contributed by atoms with van der Waals surface area (Å²) in [4.78, 5) is 227. The zero-order valence-electron chi connectivity index (χ0n) is 76.4. The van der Waals surface area contributed by atoms with Crippen molar-refractivity contribution in [1.29, 1.82) is 0 Å². The van der Waals surface area contributed by atoms with Gasteiger partial charge in [0.1, 0.15) is 78.5 Å². The van der Waals surface area contributed by atoms with Crippen LogP contribution in [0.2, 0.25) is 0 Å². The van der Waals surface area contributed by atoms with E-state index in [4.69, 9.17) is 0 Å². The lowest BCUT2D eigenvalue weighted by Gasteiger charge is -2.41. The quantitative estimate of drug-likeness (QED) is 0.0534. The molecule has 0 spiro atoms. The number of likely N-dealkylation sites (tertiary alicyclic amines) is 1. The van der Waals surface area contributed by atoms with Crippen molar-refractivity contribution >= 4 is 82.7 Å². The van der Waals surface area contributed by atoms with Crippen LogP contribution in [0.5, 0.6) is 0 Å². The Balaban J connectivity index is 1.52. The van der Waals surface area contributed by atoms with Gasteiger partial charge in [-0.3, -0.25) is 67.1 Å². The van der Waals surface area contributed by atoms with Crippen molar-refractivity contribution in [2.45, 2.75) is 373 Å². The van der Waals surface area contributed by atoms with Crippen LogP contribution in [-0.4, -0.2) is 286 Å². The molecule has 0 unspecified atom stereocenters. The fourth-order valence-electron chi connectivity index (χ4n) is 19.0. The van der Waals surface area contributed by atoms with Crippen LogP contribution < -0.4 is 26.6 Å². The van der Waals surface area contributed by atoms with E-state index in [9.17, 15) is 19.5 Å². The predicted molar refractivity (Wildman–Crippen MR) is 458 cm³/mol. The summed E-state index contributed by atoms with van der Waals surface area (Å²) >= 11 is 0. The van der Waals surface area contributed by atoms with Gasteiger partial charge in [0.15, 0.2) is 0 Å². The van der Waals surface area contributed by atoms with Crippen molar-refractivity contribution in [2.24, 2.45) is 47.3 Å². The van der Waals surface area contributed by atoms with Crippen LogP contribution in [0.4, 0.5) is 0 Å². The largest absolute Gasteiger partial charge is 0.391 e. The maximum absolute atomic E-state index is 16.2. The molecule has 0 bridgehead atoms. The van der Waals surface area contributed by atoms with Gasteiger partial charge in [0.2, 0.25) is 82.7 Å². The zero-order chi connectivity index (χ0) is 88.6. The Morgan fingerprint density at radius 1 is 0.429 bits per heavy atom. The summed E-state index contributed by atoms with van der Waals surface area (Å²) in [5.41, 5.74) is 0. The molecule has 6 aliphatic rings. The third-order valence-electron chi connectivity index (χ3n) is 27.2. The van der Waals surface area contributed by atoms with E-state index in [1.165, 1.54) is 90.4 Å². The highest BCUT2D eigenvalue weighted by atomic mass is 16.3. The van der Waals surface area contributed by atoms with Crippen LogP contribution >= 0.6 is 0 Å². The first kappa shape index (κ1) is 100. The third kappa shape index (κ3) is 28.3. The Morgan fingerprint density at radius 2 is 0.815 bits per heavy atom. The molecule has 0 radical (unpaired) electrons. The summed E-state index contributed by atoms with van der Waals surface area (Å²) in [6.07, 6.45) is 19.1. The molecule has 119 heavy (non-hydrogen) atoms. The lowest BCUT2D eigenvalue weighted by molar-refractivity contribution is -0.156. The predicted octanol–water partition coefficient (Wildman–Crippen LogP) is 7.95. The molecule has 29 nitrogen and oxygen atoms in total. The number of carbonyl (C=O) groups excluding carboxylic acids is 14. The monoisotopic (exact) mass is 1670 g/mol. The van der Waals surface area contributed by atoms with Gasteiger partial charge in [-0.05, 0) is 139 Å². The van der Waals surface area contributed by atoms with Crippen LogP contribution in [-0.2, 0) is 67.1 Å². The summed E-state index contributed by atoms with van der Waals surface area (Å²) in [5, 5.41) is 25.6. The smallest absolute Gasteiger partial charge is 0.248 e. The van der Waals surface area contributed by atoms with Gasteiger partial charge >= 0.3 is 0 Å². The minimum atomic E-state index is -1.83. The second-order valence-electron chi connectivity index (χ2n) is 38.0. The number of aliphatic hydroxyl groups is 1. The number of aliphatic hydroxyl groups excluding tert-OH is 1. The molecule has 14 amide bonds. The van der Waals surface area contributed by atoms with Crippen molar-refractivity contribution < 1.29 is 72.2 Å². The minimum Gasteiger partial charge on any atom is -0.391 e. The summed E-state index contributed by atoms with van der Waals surface area (Å²) in [6, 6.07) is -17.0. The molecule has 2 saturated heterocycles. The van der Waals surface area contributed by atoms with E-state index in [0.29, 0.717) is 25.9 Å². The van der Waals surface area contributed by atoms with E-state index < -0.39 is 174 Å². The van der Waals surface area contributed by atoms with Gasteiger partial charge in [-0.15, -0.1) is 0 Å². The van der Waals surface area contributed by atoms with Gasteiger partial charge in [0.25, 0.3) is 0 Å². The van der Waals surface area contributed by atoms with Gasteiger partial charge in [0.05, 0.1) is 12.5 Å². The van der Waals surface area contributed by atoms with E-state index in [0.717, 1.165) is 153 Å². The molecule has 2 heterocycles. The van der Waals surface area contributed by atoms with Gasteiger partial charge in [-0.2, -0.15) is 0 Å². The maximum Gasteiger partial charge on any atom is 0.248 e. The highest BCUT2D eigenvalue weighted by molar-refractivity contribution is 6.01. The van der Waals surface area contributed by atoms with Crippen molar-refractivity contribution in [2.75, 3.05) is 69.5 Å². The van der Waals surface area contributed by atoms with Gasteiger partial charge in [-0.25, -0.2) is 0 Å². The number of nitrogens with zero attached hydrogens (tertiary/aromatic N) is 9. The van der Waals surface area contributed by atoms with E-state index in [1.54, 1.807) is 39.8 Å². The summed E-state index contributed by atoms with van der Waals surface area (Å²) in [5.74, 6) is -10.7. The summed E-state index contributed by atoms with van der Waals surface area (Å²) in [6.45, 7) is 21.9. The van der Waals surface area contributed by atoms with Crippen LogP contribution in [0, 0.1) is 47.3 Å². The second-order valence-corrected chi connectivity index (χ2v) is 38.0. The fourth-order valence-corrected chi connectivity index (χ4v) is 19.0. The molecular formula is C90H156N14O15. The average molecular weight is 1670 g/mol. The molecule has 15 atom stereocenters. The standard InChI is InChI=1S/C90H156N14O15/c1-21-58(8)76-89(118)96(13)61(11)83(112)100(17)71(48-56(4)5)86(115)103(20)74(53-66-43-33-25-34-44-66)88(117)102(19)72(49-57(6)7)85(114)97(14)68(47-55(2)3)80(109)93-67(54-75(106)91-59(9)78(107)95-77(62(12)105)90(119)99(16)70(81(110)94-76)51-64-39-29-23-30-40-64)84(113)101(18)73(52-65-41-31-24-32-42-65)87(116)98(15)69(50-63-37-27-22-28-38-63)79(108)92-60(10)82(111)104-45-35-26-36-46-104/h55-74,76-77,105H,21-54H2,1-20H3,(H,91,106)(H,92,108)(H,93,109)(H,94,110)(H,95,107)/t58-,59+,60-,61-,62+,67-,68-,69-,70-,71-,72-,73-,74-,76-,77-/m0/s1. The number of hydrogen-bond acceptors (Lipinski definition) is 15. The molecule has 0 aromatic rings. The van der Waals surface area contributed by atoms with Crippen LogP contribution in [0.25, 0.3) is 0 Å². The topological polar surface area (TPSA) is 349 Å². The number of hydrogen-bond donors (Lipinski definition) is 6. The molecule has 2 aliphatic heterocycles. The Hall–Kier alpha value is -7.46. The lowest BCUT2D eigenvalue weighted by atomic mass is 9.83. The number of nitrogens with one attached hydrogen (secondary N) is 5. The van der Waals surface area contributed by atoms with Crippen molar-refractivity contribution in [3.05, 3.63) is 0 Å². The molecule has 676 valence electrons. The third-order valence-corrected chi connectivity index (χ3v) is 27.2. The molecular weight excluding hydrogens is 1520 g/mol. The zero-order valence-corrected chi connectivity index (χ0v) is 76.4. The first-order chi connectivity index (χ1) is 56.1. The van der Waals surface area contributed by atoms with Gasteiger partial charge < -0.3 is 75.8 Å². The number of likely N-dealkylation sites (N-methyl/N-ethyl adjacent to an activating group) is 8.